The molecule has 0 fully saturated rings. The van der Waals surface area contributed by atoms with Gasteiger partial charge in [0, 0.05) is 6.21 Å². The Bertz CT molecular complexity index is 980. The molecule has 11 heteroatoms. The number of esters is 2. The van der Waals surface area contributed by atoms with Crippen LogP contribution in [0.1, 0.15) is 19.4 Å². The van der Waals surface area contributed by atoms with E-state index >= 15 is 0 Å². The van der Waals surface area contributed by atoms with Gasteiger partial charge < -0.3 is 9.47 Å². The first kappa shape index (κ1) is 22.7. The Labute approximate surface area is 181 Å². The number of halogens is 3. The summed E-state index contributed by atoms with van der Waals surface area (Å²) in [6.07, 6.45) is 2.30. The van der Waals surface area contributed by atoms with Gasteiger partial charge in [0.25, 0.3) is 0 Å². The van der Waals surface area contributed by atoms with Crippen molar-refractivity contribution < 1.29 is 19.1 Å². The number of aromatic nitrogens is 2. The van der Waals surface area contributed by atoms with Crippen LogP contribution in [0.2, 0.25) is 15.1 Å². The number of hydrogen-bond donors (Lipinski definition) is 0. The maximum absolute atomic E-state index is 12.1. The molecule has 2 aromatic rings. The molecule has 1 heterocycles. The van der Waals surface area contributed by atoms with Gasteiger partial charge in [-0.25, -0.2) is 9.67 Å². The molecule has 0 aliphatic heterocycles. The molecule has 0 atom stereocenters. The van der Waals surface area contributed by atoms with Crippen LogP contribution in [-0.2, 0) is 19.1 Å². The Morgan fingerprint density at radius 2 is 1.83 bits per heavy atom. The van der Waals surface area contributed by atoms with Crippen molar-refractivity contribution in [2.45, 2.75) is 13.8 Å². The highest BCUT2D eigenvalue weighted by Gasteiger charge is 2.28. The summed E-state index contributed by atoms with van der Waals surface area (Å²) in [6.45, 7) is 3.35. The number of benzene rings is 1. The number of hydrogen-bond acceptors (Lipinski definition) is 7. The Morgan fingerprint density at radius 3 is 2.38 bits per heavy atom. The highest BCUT2D eigenvalue weighted by atomic mass is 35.5. The Hall–Kier alpha value is -2.60. The lowest BCUT2D eigenvalue weighted by Crippen LogP contribution is -2.29. The molecule has 0 saturated heterocycles. The van der Waals surface area contributed by atoms with Crippen molar-refractivity contribution in [3.05, 3.63) is 39.0 Å². The largest absolute Gasteiger partial charge is 0.465 e. The molecule has 2 rings (SSSR count). The first-order valence-corrected chi connectivity index (χ1v) is 9.48. The van der Waals surface area contributed by atoms with Gasteiger partial charge in [-0.3, -0.25) is 9.59 Å². The fourth-order valence-corrected chi connectivity index (χ4v) is 2.84. The summed E-state index contributed by atoms with van der Waals surface area (Å²) >= 11 is 18.3. The van der Waals surface area contributed by atoms with Crippen LogP contribution in [0, 0.1) is 17.2 Å². The van der Waals surface area contributed by atoms with Gasteiger partial charge in [-0.2, -0.15) is 10.4 Å². The van der Waals surface area contributed by atoms with Gasteiger partial charge in [0.2, 0.25) is 0 Å². The molecule has 0 bridgehead atoms. The van der Waals surface area contributed by atoms with E-state index in [-0.39, 0.29) is 39.7 Å². The minimum atomic E-state index is -1.41. The van der Waals surface area contributed by atoms with Gasteiger partial charge in [0.15, 0.2) is 11.7 Å². The van der Waals surface area contributed by atoms with E-state index < -0.39 is 17.9 Å². The number of carbonyl (C=O) groups excluding carboxylic acids is 2. The van der Waals surface area contributed by atoms with Crippen molar-refractivity contribution in [3.63, 3.8) is 0 Å². The molecule has 0 aliphatic carbocycles. The van der Waals surface area contributed by atoms with Crippen molar-refractivity contribution in [2.24, 2.45) is 10.9 Å². The molecule has 0 spiro atoms. The van der Waals surface area contributed by atoms with E-state index in [1.54, 1.807) is 13.8 Å². The second kappa shape index (κ2) is 10.3. The molecule has 152 valence electrons. The third kappa shape index (κ3) is 5.07. The maximum atomic E-state index is 12.1. The predicted octanol–water partition coefficient (Wildman–Crippen LogP) is 4.15. The van der Waals surface area contributed by atoms with Gasteiger partial charge in [-0.15, -0.1) is 0 Å². The van der Waals surface area contributed by atoms with Crippen LogP contribution in [0.4, 0.5) is 5.82 Å². The highest BCUT2D eigenvalue weighted by molar-refractivity contribution is 6.48. The topological polar surface area (TPSA) is 107 Å². The zero-order valence-electron chi connectivity index (χ0n) is 15.4. The average Bonchev–Trinajstić information content (AvgIpc) is 3.09. The molecule has 29 heavy (non-hydrogen) atoms. The second-order valence-electron chi connectivity index (χ2n) is 5.36. The third-order valence-corrected chi connectivity index (χ3v) is 4.82. The van der Waals surface area contributed by atoms with E-state index in [0.717, 1.165) is 6.21 Å². The summed E-state index contributed by atoms with van der Waals surface area (Å²) in [5.74, 6) is -3.03. The third-order valence-electron chi connectivity index (χ3n) is 3.53. The summed E-state index contributed by atoms with van der Waals surface area (Å²) < 4.78 is 11.0. The number of rotatable bonds is 7. The molecule has 0 N–H and O–H groups in total. The zero-order valence-corrected chi connectivity index (χ0v) is 17.6. The highest BCUT2D eigenvalue weighted by Crippen LogP contribution is 2.36. The van der Waals surface area contributed by atoms with E-state index in [0.29, 0.717) is 5.69 Å². The van der Waals surface area contributed by atoms with Crippen molar-refractivity contribution in [1.29, 1.82) is 5.26 Å². The van der Waals surface area contributed by atoms with Crippen LogP contribution >= 0.6 is 34.8 Å². The molecule has 0 amide bonds. The van der Waals surface area contributed by atoms with E-state index in [2.05, 4.69) is 10.1 Å². The smallest absolute Gasteiger partial charge is 0.325 e. The molecule has 1 aromatic carbocycles. The minimum absolute atomic E-state index is 0.0337. The van der Waals surface area contributed by atoms with E-state index in [9.17, 15) is 14.9 Å². The van der Waals surface area contributed by atoms with Crippen molar-refractivity contribution in [3.8, 4) is 11.8 Å². The molecule has 1 aromatic heterocycles. The lowest BCUT2D eigenvalue weighted by Gasteiger charge is -2.11. The van der Waals surface area contributed by atoms with Crippen LogP contribution in [-0.4, -0.2) is 41.1 Å². The van der Waals surface area contributed by atoms with Gasteiger partial charge in [0.05, 0.1) is 40.2 Å². The first-order valence-electron chi connectivity index (χ1n) is 8.35. The van der Waals surface area contributed by atoms with Gasteiger partial charge in [-0.1, -0.05) is 34.8 Å². The summed E-state index contributed by atoms with van der Waals surface area (Å²) in [5, 5.41) is 13.9. The zero-order chi connectivity index (χ0) is 21.6. The Morgan fingerprint density at radius 1 is 1.21 bits per heavy atom. The molecule has 0 unspecified atom stereocenters. The van der Waals surface area contributed by atoms with Crippen LogP contribution in [0.5, 0.6) is 0 Å². The quantitative estimate of drug-likeness (QED) is 0.267. The average molecular weight is 458 g/mol. The summed E-state index contributed by atoms with van der Waals surface area (Å²) in [5.41, 5.74) is 0.383. The van der Waals surface area contributed by atoms with Crippen LogP contribution in [0.15, 0.2) is 23.3 Å². The minimum Gasteiger partial charge on any atom is -0.465 e. The van der Waals surface area contributed by atoms with E-state index in [4.69, 9.17) is 44.3 Å². The van der Waals surface area contributed by atoms with Crippen molar-refractivity contribution in [2.75, 3.05) is 13.2 Å². The van der Waals surface area contributed by atoms with E-state index in [1.807, 2.05) is 6.07 Å². The van der Waals surface area contributed by atoms with Crippen molar-refractivity contribution >= 4 is 58.8 Å². The predicted molar refractivity (Wildman–Crippen MR) is 108 cm³/mol. The second-order valence-corrected chi connectivity index (χ2v) is 6.52. The van der Waals surface area contributed by atoms with Crippen LogP contribution < -0.4 is 0 Å². The lowest BCUT2D eigenvalue weighted by molar-refractivity contribution is -0.157. The number of nitrogens with zero attached hydrogens (tertiary/aromatic N) is 4. The standard InChI is InChI=1S/C18H15Cl3N4O4/c1-3-28-17(26)11(18(27)29-4-2)9-23-16-10(7-22)8-24-25(16)13-6-5-12(19)14(20)15(13)21/h5-6,8-9,11H,3-4H2,1-2H3. The summed E-state index contributed by atoms with van der Waals surface area (Å²) in [7, 11) is 0. The summed E-state index contributed by atoms with van der Waals surface area (Å²) in [6, 6.07) is 4.98. The fourth-order valence-electron chi connectivity index (χ4n) is 2.23. The van der Waals surface area contributed by atoms with Crippen LogP contribution in [0.3, 0.4) is 0 Å². The molecule has 0 aliphatic rings. The first-order chi connectivity index (χ1) is 13.8. The molecule has 8 nitrogen and oxygen atoms in total. The molecular weight excluding hydrogens is 443 g/mol. The normalized spacial score (nSPS) is 10.9. The fraction of sp³-hybridized carbons (Fsp3) is 0.278. The number of aliphatic imine (C=N–C) groups is 1. The molecular formula is C18H15Cl3N4O4. The Balaban J connectivity index is 2.53. The lowest BCUT2D eigenvalue weighted by atomic mass is 10.2. The molecule has 0 radical (unpaired) electrons. The number of carbonyl (C=O) groups is 2. The van der Waals surface area contributed by atoms with Gasteiger partial charge in [-0.05, 0) is 26.0 Å². The molecule has 0 saturated carbocycles. The Kier molecular flexibility index (Phi) is 8.02. The maximum Gasteiger partial charge on any atom is 0.325 e. The SMILES string of the molecule is CCOC(=O)C(C=Nc1c(C#N)cnn1-c1ccc(Cl)c(Cl)c1Cl)C(=O)OCC. The monoisotopic (exact) mass is 456 g/mol. The van der Waals surface area contributed by atoms with E-state index in [1.165, 1.54) is 23.0 Å². The van der Waals surface area contributed by atoms with Crippen LogP contribution in [0.25, 0.3) is 5.69 Å². The summed E-state index contributed by atoms with van der Waals surface area (Å²) in [4.78, 5) is 28.3. The number of nitriles is 1. The number of ether oxygens (including phenoxy) is 2. The van der Waals surface area contributed by atoms with Gasteiger partial charge >= 0.3 is 11.9 Å². The van der Waals surface area contributed by atoms with Gasteiger partial charge in [0.1, 0.15) is 11.6 Å². The van der Waals surface area contributed by atoms with Crippen molar-refractivity contribution in [1.82, 2.24) is 9.78 Å².